The number of barbiturate groups is 1. The fourth-order valence-electron chi connectivity index (χ4n) is 2.96. The summed E-state index contributed by atoms with van der Waals surface area (Å²) in [4.78, 5) is 50.0. The molecule has 0 saturated carbocycles. The maximum absolute atomic E-state index is 12.9. The lowest BCUT2D eigenvalue weighted by atomic mass is 10.1. The summed E-state index contributed by atoms with van der Waals surface area (Å²) in [6.45, 7) is 5.03. The monoisotopic (exact) mass is 422 g/mol. The van der Waals surface area contributed by atoms with Gasteiger partial charge in [0.25, 0.3) is 11.8 Å². The molecule has 0 radical (unpaired) electrons. The van der Waals surface area contributed by atoms with E-state index in [1.807, 2.05) is 0 Å². The van der Waals surface area contributed by atoms with Crippen LogP contribution in [0, 0.1) is 6.92 Å². The van der Waals surface area contributed by atoms with Gasteiger partial charge in [0.2, 0.25) is 0 Å². The first-order chi connectivity index (χ1) is 14.8. The molecule has 0 aromatic heterocycles. The van der Waals surface area contributed by atoms with Gasteiger partial charge in [-0.25, -0.2) is 14.5 Å². The number of benzene rings is 2. The number of carbonyl (C=O) groups is 4. The van der Waals surface area contributed by atoms with Gasteiger partial charge in [0.1, 0.15) is 11.3 Å². The fraction of sp³-hybridized carbons (Fsp3) is 0.217. The van der Waals surface area contributed by atoms with Crippen LogP contribution in [-0.4, -0.2) is 36.5 Å². The molecule has 0 bridgehead atoms. The van der Waals surface area contributed by atoms with Crippen LogP contribution in [0.5, 0.6) is 5.75 Å². The molecule has 4 amide bonds. The van der Waals surface area contributed by atoms with Crippen molar-refractivity contribution in [3.63, 3.8) is 0 Å². The normalized spacial score (nSPS) is 15.3. The second kappa shape index (κ2) is 9.25. The van der Waals surface area contributed by atoms with Gasteiger partial charge in [-0.2, -0.15) is 0 Å². The lowest BCUT2D eigenvalue weighted by Gasteiger charge is -2.27. The molecule has 0 spiro atoms. The third-order valence-electron chi connectivity index (χ3n) is 4.37. The van der Waals surface area contributed by atoms with E-state index in [1.54, 1.807) is 69.3 Å². The number of ether oxygens (including phenoxy) is 2. The SMILES string of the molecule is Cc1ccccc1N1C(=O)NC(=O)/C(=C\c2ccc(OCC(=O)OC(C)C)cc2)C1=O. The molecule has 8 nitrogen and oxygen atoms in total. The first-order valence-corrected chi connectivity index (χ1v) is 9.65. The van der Waals surface area contributed by atoms with Crippen LogP contribution < -0.4 is 15.0 Å². The zero-order valence-electron chi connectivity index (χ0n) is 17.4. The van der Waals surface area contributed by atoms with E-state index in [4.69, 9.17) is 9.47 Å². The fourth-order valence-corrected chi connectivity index (χ4v) is 2.96. The van der Waals surface area contributed by atoms with Gasteiger partial charge in [-0.3, -0.25) is 14.9 Å². The lowest BCUT2D eigenvalue weighted by Crippen LogP contribution is -2.54. The molecule has 3 rings (SSSR count). The molecule has 160 valence electrons. The Labute approximate surface area is 179 Å². The van der Waals surface area contributed by atoms with Crippen molar-refractivity contribution in [1.29, 1.82) is 0 Å². The summed E-state index contributed by atoms with van der Waals surface area (Å²) in [5.41, 5.74) is 1.50. The molecular formula is C23H22N2O6. The van der Waals surface area contributed by atoms with Crippen molar-refractivity contribution in [3.8, 4) is 5.75 Å². The minimum absolute atomic E-state index is 0.169. The Kier molecular flexibility index (Phi) is 6.49. The van der Waals surface area contributed by atoms with Gasteiger partial charge in [-0.1, -0.05) is 30.3 Å². The van der Waals surface area contributed by atoms with E-state index in [9.17, 15) is 19.2 Å². The van der Waals surface area contributed by atoms with Gasteiger partial charge in [0.05, 0.1) is 11.8 Å². The zero-order valence-corrected chi connectivity index (χ0v) is 17.4. The van der Waals surface area contributed by atoms with Crippen LogP contribution in [0.15, 0.2) is 54.1 Å². The molecule has 31 heavy (non-hydrogen) atoms. The molecule has 1 heterocycles. The lowest BCUT2D eigenvalue weighted by molar-refractivity contribution is -0.149. The summed E-state index contributed by atoms with van der Waals surface area (Å²) in [6, 6.07) is 12.6. The second-order valence-electron chi connectivity index (χ2n) is 7.14. The van der Waals surface area contributed by atoms with Crippen LogP contribution >= 0.6 is 0 Å². The topological polar surface area (TPSA) is 102 Å². The molecule has 1 fully saturated rings. The number of hydrogen-bond donors (Lipinski definition) is 1. The highest BCUT2D eigenvalue weighted by Gasteiger charge is 2.37. The number of aryl methyl sites for hydroxylation is 1. The molecule has 0 aliphatic carbocycles. The van der Waals surface area contributed by atoms with Gasteiger partial charge >= 0.3 is 12.0 Å². The van der Waals surface area contributed by atoms with Gasteiger partial charge < -0.3 is 9.47 Å². The van der Waals surface area contributed by atoms with Gasteiger partial charge in [0, 0.05) is 0 Å². The van der Waals surface area contributed by atoms with Gasteiger partial charge in [-0.15, -0.1) is 0 Å². The Balaban J connectivity index is 1.78. The van der Waals surface area contributed by atoms with E-state index < -0.39 is 23.8 Å². The highest BCUT2D eigenvalue weighted by atomic mass is 16.6. The van der Waals surface area contributed by atoms with Crippen molar-refractivity contribution in [2.24, 2.45) is 0 Å². The minimum atomic E-state index is -0.793. The summed E-state index contributed by atoms with van der Waals surface area (Å²) < 4.78 is 10.4. The first kappa shape index (κ1) is 21.8. The number of esters is 1. The molecular weight excluding hydrogens is 400 g/mol. The highest BCUT2D eigenvalue weighted by molar-refractivity contribution is 6.39. The number of urea groups is 1. The van der Waals surface area contributed by atoms with E-state index in [0.29, 0.717) is 17.0 Å². The number of nitrogens with zero attached hydrogens (tertiary/aromatic N) is 1. The van der Waals surface area contributed by atoms with E-state index in [0.717, 1.165) is 10.5 Å². The largest absolute Gasteiger partial charge is 0.482 e. The molecule has 1 aliphatic heterocycles. The van der Waals surface area contributed by atoms with Gasteiger partial charge in [-0.05, 0) is 56.2 Å². The summed E-state index contributed by atoms with van der Waals surface area (Å²) in [6.07, 6.45) is 1.17. The highest BCUT2D eigenvalue weighted by Crippen LogP contribution is 2.25. The number of hydrogen-bond acceptors (Lipinski definition) is 6. The first-order valence-electron chi connectivity index (χ1n) is 9.65. The number of para-hydroxylation sites is 1. The van der Waals surface area contributed by atoms with Crippen molar-refractivity contribution in [2.45, 2.75) is 26.9 Å². The van der Waals surface area contributed by atoms with E-state index in [2.05, 4.69) is 5.32 Å². The molecule has 1 aliphatic rings. The Morgan fingerprint density at radius 1 is 1.06 bits per heavy atom. The number of carbonyl (C=O) groups excluding carboxylic acids is 4. The average Bonchev–Trinajstić information content (AvgIpc) is 2.71. The third-order valence-corrected chi connectivity index (χ3v) is 4.37. The molecule has 2 aromatic rings. The third kappa shape index (κ3) is 5.16. The van der Waals surface area contributed by atoms with Crippen LogP contribution in [0.3, 0.4) is 0 Å². The average molecular weight is 422 g/mol. The van der Waals surface area contributed by atoms with E-state index in [1.165, 1.54) is 6.08 Å². The quantitative estimate of drug-likeness (QED) is 0.436. The van der Waals surface area contributed by atoms with E-state index >= 15 is 0 Å². The second-order valence-corrected chi connectivity index (χ2v) is 7.14. The number of anilines is 1. The van der Waals surface area contributed by atoms with Crippen LogP contribution in [0.25, 0.3) is 6.08 Å². The van der Waals surface area contributed by atoms with Crippen molar-refractivity contribution < 1.29 is 28.7 Å². The predicted molar refractivity (Wildman–Crippen MR) is 113 cm³/mol. The summed E-state index contributed by atoms with van der Waals surface area (Å²) in [7, 11) is 0. The summed E-state index contributed by atoms with van der Waals surface area (Å²) in [5, 5.41) is 2.20. The molecule has 8 heteroatoms. The standard InChI is InChI=1S/C23H22N2O6/c1-14(2)31-20(26)13-30-17-10-8-16(9-11-17)12-18-21(27)24-23(29)25(22(18)28)19-7-5-4-6-15(19)3/h4-12,14H,13H2,1-3H3,(H,24,27,29)/b18-12+. The number of amides is 4. The van der Waals surface area contributed by atoms with Gasteiger partial charge in [0.15, 0.2) is 6.61 Å². The van der Waals surface area contributed by atoms with Crippen LogP contribution in [0.2, 0.25) is 0 Å². The summed E-state index contributed by atoms with van der Waals surface area (Å²) in [5.74, 6) is -1.53. The number of nitrogens with one attached hydrogen (secondary N) is 1. The molecule has 1 N–H and O–H groups in total. The van der Waals surface area contributed by atoms with Crippen molar-refractivity contribution >= 4 is 35.6 Å². The van der Waals surface area contributed by atoms with E-state index in [-0.39, 0.29) is 18.3 Å². The number of rotatable bonds is 6. The van der Waals surface area contributed by atoms with Crippen molar-refractivity contribution in [1.82, 2.24) is 5.32 Å². The maximum Gasteiger partial charge on any atom is 0.344 e. The molecule has 2 aromatic carbocycles. The maximum atomic E-state index is 12.9. The molecule has 0 atom stereocenters. The Bertz CT molecular complexity index is 1060. The predicted octanol–water partition coefficient (Wildman–Crippen LogP) is 2.99. The Morgan fingerprint density at radius 2 is 1.74 bits per heavy atom. The van der Waals surface area contributed by atoms with Crippen molar-refractivity contribution in [2.75, 3.05) is 11.5 Å². The Hall–Kier alpha value is -3.94. The molecule has 1 saturated heterocycles. The van der Waals surface area contributed by atoms with Crippen LogP contribution in [0.1, 0.15) is 25.0 Å². The summed E-state index contributed by atoms with van der Waals surface area (Å²) >= 11 is 0. The van der Waals surface area contributed by atoms with Crippen LogP contribution in [-0.2, 0) is 19.1 Å². The van der Waals surface area contributed by atoms with Crippen molar-refractivity contribution in [3.05, 3.63) is 65.2 Å². The Morgan fingerprint density at radius 3 is 2.39 bits per heavy atom. The molecule has 0 unspecified atom stereocenters. The minimum Gasteiger partial charge on any atom is -0.482 e. The smallest absolute Gasteiger partial charge is 0.344 e. The number of imide groups is 2. The zero-order chi connectivity index (χ0) is 22.5. The van der Waals surface area contributed by atoms with Crippen LogP contribution in [0.4, 0.5) is 10.5 Å².